The number of hydrogen-bond acceptors (Lipinski definition) is 5. The summed E-state index contributed by atoms with van der Waals surface area (Å²) in [5.74, 6) is -0.926. The third kappa shape index (κ3) is 6.22. The van der Waals surface area contributed by atoms with Gasteiger partial charge in [0.05, 0.1) is 6.61 Å². The number of halogens is 2. The van der Waals surface area contributed by atoms with Crippen molar-refractivity contribution in [2.24, 2.45) is 0 Å². The molecule has 0 fully saturated rings. The molecule has 2 aromatic rings. The minimum absolute atomic E-state index is 0.176. The van der Waals surface area contributed by atoms with E-state index in [1.165, 1.54) is 29.2 Å². The first-order valence-electron chi connectivity index (χ1n) is 8.57. The van der Waals surface area contributed by atoms with Crippen molar-refractivity contribution in [1.82, 2.24) is 4.90 Å². The van der Waals surface area contributed by atoms with Crippen molar-refractivity contribution < 1.29 is 32.6 Å². The summed E-state index contributed by atoms with van der Waals surface area (Å²) in [5.41, 5.74) is 0.700. The minimum atomic E-state index is -3.07. The molecular formula is C20H21F2NO5. The molecule has 150 valence electrons. The average Bonchev–Trinajstić information content (AvgIpc) is 2.67. The Morgan fingerprint density at radius 1 is 1.07 bits per heavy atom. The molecule has 0 aliphatic rings. The smallest absolute Gasteiger partial charge is 0.387 e. The summed E-state index contributed by atoms with van der Waals surface area (Å²) in [7, 11) is 1.57. The Bertz CT molecular complexity index is 795. The molecule has 0 aromatic heterocycles. The van der Waals surface area contributed by atoms with Crippen molar-refractivity contribution in [3.63, 3.8) is 0 Å². The number of ether oxygens (including phenoxy) is 3. The summed E-state index contributed by atoms with van der Waals surface area (Å²) in [6.45, 7) is -0.826. The van der Waals surface area contributed by atoms with E-state index in [0.717, 1.165) is 11.3 Å². The summed E-state index contributed by atoms with van der Waals surface area (Å²) in [6.07, 6.45) is 0. The highest BCUT2D eigenvalue weighted by atomic mass is 19.3. The van der Waals surface area contributed by atoms with Gasteiger partial charge in [-0.25, -0.2) is 4.79 Å². The molecule has 0 saturated heterocycles. The van der Waals surface area contributed by atoms with Gasteiger partial charge in [0.1, 0.15) is 17.1 Å². The van der Waals surface area contributed by atoms with Gasteiger partial charge >= 0.3 is 12.6 Å². The summed E-state index contributed by atoms with van der Waals surface area (Å²) in [5, 5.41) is 0. The van der Waals surface area contributed by atoms with E-state index >= 15 is 0 Å². The molecule has 0 N–H and O–H groups in total. The second kappa shape index (κ2) is 10.2. The molecule has 0 atom stereocenters. The van der Waals surface area contributed by atoms with Crippen molar-refractivity contribution in [3.8, 4) is 11.5 Å². The summed E-state index contributed by atoms with van der Waals surface area (Å²) in [6, 6.07) is 12.7. The highest BCUT2D eigenvalue weighted by Crippen LogP contribution is 2.21. The summed E-state index contributed by atoms with van der Waals surface area (Å²) in [4.78, 5) is 25.7. The molecule has 2 rings (SSSR count). The van der Waals surface area contributed by atoms with Gasteiger partial charge in [-0.3, -0.25) is 4.79 Å². The number of hydrogen-bond donors (Lipinski definition) is 0. The van der Waals surface area contributed by atoms with Crippen molar-refractivity contribution >= 4 is 11.9 Å². The lowest BCUT2D eigenvalue weighted by Crippen LogP contribution is -2.30. The van der Waals surface area contributed by atoms with Crippen LogP contribution in [0.5, 0.6) is 11.5 Å². The maximum absolute atomic E-state index is 12.4. The molecular weight excluding hydrogens is 372 g/mol. The lowest BCUT2D eigenvalue weighted by atomic mass is 10.2. The number of rotatable bonds is 9. The summed E-state index contributed by atoms with van der Waals surface area (Å²) < 4.78 is 39.4. The second-order valence-electron chi connectivity index (χ2n) is 5.78. The van der Waals surface area contributed by atoms with Gasteiger partial charge in [-0.2, -0.15) is 8.78 Å². The molecule has 0 aliphatic heterocycles. The van der Waals surface area contributed by atoms with Crippen LogP contribution in [0.15, 0.2) is 48.5 Å². The fourth-order valence-electron chi connectivity index (χ4n) is 2.37. The Kier molecular flexibility index (Phi) is 7.74. The van der Waals surface area contributed by atoms with E-state index in [4.69, 9.17) is 9.47 Å². The number of benzene rings is 2. The van der Waals surface area contributed by atoms with Crippen LogP contribution in [-0.2, 0) is 16.1 Å². The molecule has 28 heavy (non-hydrogen) atoms. The topological polar surface area (TPSA) is 65.1 Å². The standard InChI is InChI=1S/C20H21F2NO5/c1-3-26-15-10-8-14(9-11-15)12-23(2)18(24)13-27-19(25)16-6-4-5-7-17(16)28-20(21)22/h4-11,20H,3,12-13H2,1-2H3. The third-order valence-electron chi connectivity index (χ3n) is 3.73. The van der Waals surface area contributed by atoms with Crippen LogP contribution in [0, 0.1) is 0 Å². The van der Waals surface area contributed by atoms with Gasteiger partial charge in [-0.1, -0.05) is 24.3 Å². The first kappa shape index (κ1) is 21.1. The van der Waals surface area contributed by atoms with Crippen LogP contribution in [0.4, 0.5) is 8.78 Å². The number of alkyl halides is 2. The quantitative estimate of drug-likeness (QED) is 0.610. The van der Waals surface area contributed by atoms with Crippen LogP contribution in [0.1, 0.15) is 22.8 Å². The molecule has 0 aliphatic carbocycles. The maximum atomic E-state index is 12.4. The first-order valence-corrected chi connectivity index (χ1v) is 8.57. The lowest BCUT2D eigenvalue weighted by Gasteiger charge is -2.18. The highest BCUT2D eigenvalue weighted by molar-refractivity contribution is 5.93. The van der Waals surface area contributed by atoms with E-state index in [-0.39, 0.29) is 11.3 Å². The number of carbonyl (C=O) groups is 2. The SMILES string of the molecule is CCOc1ccc(CN(C)C(=O)COC(=O)c2ccccc2OC(F)F)cc1. The van der Waals surface area contributed by atoms with Crippen molar-refractivity contribution in [2.75, 3.05) is 20.3 Å². The molecule has 0 heterocycles. The molecule has 1 amide bonds. The van der Waals surface area contributed by atoms with E-state index in [0.29, 0.717) is 13.2 Å². The molecule has 2 aromatic carbocycles. The fraction of sp³-hybridized carbons (Fsp3) is 0.300. The number of nitrogens with zero attached hydrogens (tertiary/aromatic N) is 1. The monoisotopic (exact) mass is 393 g/mol. The fourth-order valence-corrected chi connectivity index (χ4v) is 2.37. The number of amides is 1. The van der Waals surface area contributed by atoms with Crippen LogP contribution < -0.4 is 9.47 Å². The van der Waals surface area contributed by atoms with Gasteiger partial charge in [0, 0.05) is 13.6 Å². The predicted octanol–water partition coefficient (Wildman–Crippen LogP) is 3.50. The van der Waals surface area contributed by atoms with Crippen molar-refractivity contribution in [1.29, 1.82) is 0 Å². The summed E-state index contributed by atoms with van der Waals surface area (Å²) >= 11 is 0. The Morgan fingerprint density at radius 2 is 1.75 bits per heavy atom. The highest BCUT2D eigenvalue weighted by Gasteiger charge is 2.19. The molecule has 8 heteroatoms. The van der Waals surface area contributed by atoms with E-state index in [1.807, 2.05) is 19.1 Å². The van der Waals surface area contributed by atoms with Gasteiger partial charge in [0.25, 0.3) is 5.91 Å². The maximum Gasteiger partial charge on any atom is 0.387 e. The zero-order valence-electron chi connectivity index (χ0n) is 15.6. The third-order valence-corrected chi connectivity index (χ3v) is 3.73. The van der Waals surface area contributed by atoms with Crippen LogP contribution in [0.2, 0.25) is 0 Å². The van der Waals surface area contributed by atoms with Gasteiger partial charge in [0.15, 0.2) is 6.61 Å². The van der Waals surface area contributed by atoms with E-state index in [9.17, 15) is 18.4 Å². The minimum Gasteiger partial charge on any atom is -0.494 e. The lowest BCUT2D eigenvalue weighted by molar-refractivity contribution is -0.133. The molecule has 0 radical (unpaired) electrons. The molecule has 0 saturated carbocycles. The van der Waals surface area contributed by atoms with Gasteiger partial charge in [-0.05, 0) is 36.8 Å². The molecule has 0 spiro atoms. The normalized spacial score (nSPS) is 10.5. The van der Waals surface area contributed by atoms with Gasteiger partial charge in [0.2, 0.25) is 0 Å². The largest absolute Gasteiger partial charge is 0.494 e. The molecule has 6 nitrogen and oxygen atoms in total. The van der Waals surface area contributed by atoms with E-state index in [2.05, 4.69) is 4.74 Å². The Balaban J connectivity index is 1.89. The molecule has 0 bridgehead atoms. The van der Waals surface area contributed by atoms with Crippen molar-refractivity contribution in [3.05, 3.63) is 59.7 Å². The van der Waals surface area contributed by atoms with E-state index in [1.54, 1.807) is 19.2 Å². The number of carbonyl (C=O) groups excluding carboxylic acids is 2. The Hall–Kier alpha value is -3.16. The molecule has 0 unspecified atom stereocenters. The Morgan fingerprint density at radius 3 is 2.39 bits per heavy atom. The van der Waals surface area contributed by atoms with Crippen LogP contribution in [0.3, 0.4) is 0 Å². The van der Waals surface area contributed by atoms with Crippen LogP contribution >= 0.6 is 0 Å². The van der Waals surface area contributed by atoms with Crippen LogP contribution in [-0.4, -0.2) is 43.6 Å². The van der Waals surface area contributed by atoms with Crippen LogP contribution in [0.25, 0.3) is 0 Å². The van der Waals surface area contributed by atoms with Crippen molar-refractivity contribution in [2.45, 2.75) is 20.1 Å². The first-order chi connectivity index (χ1) is 13.4. The number of likely N-dealkylation sites (N-methyl/N-ethyl adjacent to an activating group) is 1. The van der Waals surface area contributed by atoms with Gasteiger partial charge < -0.3 is 19.1 Å². The predicted molar refractivity (Wildman–Crippen MR) is 97.4 cm³/mol. The number of para-hydroxylation sites is 1. The average molecular weight is 393 g/mol. The second-order valence-corrected chi connectivity index (χ2v) is 5.78. The zero-order chi connectivity index (χ0) is 20.5. The van der Waals surface area contributed by atoms with E-state index < -0.39 is 25.1 Å². The Labute approximate surface area is 161 Å². The number of esters is 1. The van der Waals surface area contributed by atoms with Gasteiger partial charge in [-0.15, -0.1) is 0 Å². The zero-order valence-corrected chi connectivity index (χ0v) is 15.6.